The molecule has 0 saturated heterocycles. The van der Waals surface area contributed by atoms with Crippen LogP contribution in [0.3, 0.4) is 0 Å². The minimum absolute atomic E-state index is 0. The third kappa shape index (κ3) is 3.72. The van der Waals surface area contributed by atoms with Gasteiger partial charge in [0.25, 0.3) is 0 Å². The maximum absolute atomic E-state index is 11.5. The smallest absolute Gasteiger partial charge is 0.225 e. The van der Waals surface area contributed by atoms with Crippen LogP contribution in [0.5, 0.6) is 0 Å². The normalized spacial score (nSPS) is 12.8. The van der Waals surface area contributed by atoms with Gasteiger partial charge in [-0.05, 0) is 49.6 Å². The van der Waals surface area contributed by atoms with E-state index in [1.54, 1.807) is 0 Å². The average Bonchev–Trinajstić information content (AvgIpc) is 2.73. The van der Waals surface area contributed by atoms with Crippen molar-refractivity contribution in [2.75, 3.05) is 18.9 Å². The van der Waals surface area contributed by atoms with Gasteiger partial charge in [-0.15, -0.1) is 12.4 Å². The summed E-state index contributed by atoms with van der Waals surface area (Å²) in [4.78, 5) is 11.5. The summed E-state index contributed by atoms with van der Waals surface area (Å²) in [5, 5.41) is 5.89. The van der Waals surface area contributed by atoms with Gasteiger partial charge in [0.1, 0.15) is 0 Å². The van der Waals surface area contributed by atoms with Crippen molar-refractivity contribution in [3.63, 3.8) is 0 Å². The van der Waals surface area contributed by atoms with Gasteiger partial charge in [0.15, 0.2) is 0 Å². The second-order valence-electron chi connectivity index (χ2n) is 4.24. The summed E-state index contributed by atoms with van der Waals surface area (Å²) in [5.74, 6) is 0.0762. The predicted molar refractivity (Wildman–Crippen MR) is 72.9 cm³/mol. The first-order valence-corrected chi connectivity index (χ1v) is 5.86. The van der Waals surface area contributed by atoms with E-state index in [0.29, 0.717) is 6.42 Å². The molecule has 0 aromatic heterocycles. The summed E-state index contributed by atoms with van der Waals surface area (Å²) in [6.07, 6.45) is 4.10. The Balaban J connectivity index is 0.00000144. The Labute approximate surface area is 108 Å². The Morgan fingerprint density at radius 1 is 1.29 bits per heavy atom. The maximum atomic E-state index is 11.5. The number of aryl methyl sites for hydroxylation is 2. The quantitative estimate of drug-likeness (QED) is 0.865. The highest BCUT2D eigenvalue weighted by Crippen LogP contribution is 2.24. The number of halogens is 1. The van der Waals surface area contributed by atoms with Gasteiger partial charge in [0.2, 0.25) is 5.91 Å². The highest BCUT2D eigenvalue weighted by molar-refractivity contribution is 5.91. The molecular weight excluding hydrogens is 236 g/mol. The minimum atomic E-state index is 0. The van der Waals surface area contributed by atoms with E-state index in [2.05, 4.69) is 22.8 Å². The summed E-state index contributed by atoms with van der Waals surface area (Å²) < 4.78 is 0. The molecule has 4 heteroatoms. The van der Waals surface area contributed by atoms with Gasteiger partial charge in [0.05, 0.1) is 0 Å². The number of anilines is 1. The lowest BCUT2D eigenvalue weighted by atomic mass is 10.1. The summed E-state index contributed by atoms with van der Waals surface area (Å²) in [6.45, 7) is 0.719. The molecule has 17 heavy (non-hydrogen) atoms. The van der Waals surface area contributed by atoms with Gasteiger partial charge in [-0.25, -0.2) is 0 Å². The molecule has 1 aromatic carbocycles. The summed E-state index contributed by atoms with van der Waals surface area (Å²) in [7, 11) is 1.85. The van der Waals surface area contributed by atoms with Crippen molar-refractivity contribution < 1.29 is 4.79 Å². The zero-order chi connectivity index (χ0) is 11.4. The molecule has 0 spiro atoms. The molecule has 1 aromatic rings. The average molecular weight is 255 g/mol. The monoisotopic (exact) mass is 254 g/mol. The Hall–Kier alpha value is -1.06. The molecule has 0 heterocycles. The van der Waals surface area contributed by atoms with E-state index >= 15 is 0 Å². The molecule has 1 aliphatic carbocycles. The van der Waals surface area contributed by atoms with Crippen LogP contribution in [-0.2, 0) is 17.6 Å². The molecular formula is C13H19ClN2O. The molecule has 3 nitrogen and oxygen atoms in total. The fourth-order valence-corrected chi connectivity index (χ4v) is 2.11. The molecule has 0 unspecified atom stereocenters. The number of carbonyl (C=O) groups excluding carboxylic acids is 1. The van der Waals surface area contributed by atoms with E-state index in [1.165, 1.54) is 24.0 Å². The van der Waals surface area contributed by atoms with Crippen LogP contribution in [-0.4, -0.2) is 19.5 Å². The third-order valence-corrected chi connectivity index (χ3v) is 2.98. The van der Waals surface area contributed by atoms with Gasteiger partial charge in [-0.2, -0.15) is 0 Å². The van der Waals surface area contributed by atoms with Crippen LogP contribution in [0.2, 0.25) is 0 Å². The molecule has 0 atom stereocenters. The molecule has 0 radical (unpaired) electrons. The number of hydrogen-bond acceptors (Lipinski definition) is 2. The van der Waals surface area contributed by atoms with Crippen molar-refractivity contribution >= 4 is 24.0 Å². The van der Waals surface area contributed by atoms with Gasteiger partial charge in [0, 0.05) is 18.7 Å². The topological polar surface area (TPSA) is 41.1 Å². The second-order valence-corrected chi connectivity index (χ2v) is 4.24. The Morgan fingerprint density at radius 3 is 2.82 bits per heavy atom. The number of carbonyl (C=O) groups is 1. The van der Waals surface area contributed by atoms with Crippen LogP contribution in [0.1, 0.15) is 24.0 Å². The van der Waals surface area contributed by atoms with Crippen LogP contribution in [0.25, 0.3) is 0 Å². The van der Waals surface area contributed by atoms with E-state index in [-0.39, 0.29) is 18.3 Å². The van der Waals surface area contributed by atoms with Crippen LogP contribution < -0.4 is 10.6 Å². The number of nitrogens with one attached hydrogen (secondary N) is 2. The largest absolute Gasteiger partial charge is 0.326 e. The van der Waals surface area contributed by atoms with Crippen molar-refractivity contribution in [3.05, 3.63) is 29.3 Å². The van der Waals surface area contributed by atoms with E-state index in [1.807, 2.05) is 13.1 Å². The fourth-order valence-electron chi connectivity index (χ4n) is 2.11. The van der Waals surface area contributed by atoms with Gasteiger partial charge in [-0.1, -0.05) is 6.07 Å². The third-order valence-electron chi connectivity index (χ3n) is 2.98. The maximum Gasteiger partial charge on any atom is 0.225 e. The van der Waals surface area contributed by atoms with E-state index in [0.717, 1.165) is 18.7 Å². The fraction of sp³-hybridized carbons (Fsp3) is 0.462. The van der Waals surface area contributed by atoms with Gasteiger partial charge in [-0.3, -0.25) is 4.79 Å². The van der Waals surface area contributed by atoms with Crippen molar-refractivity contribution in [2.45, 2.75) is 25.7 Å². The molecule has 1 aliphatic rings. The first-order valence-electron chi connectivity index (χ1n) is 5.86. The minimum Gasteiger partial charge on any atom is -0.326 e. The zero-order valence-corrected chi connectivity index (χ0v) is 10.9. The van der Waals surface area contributed by atoms with Crippen LogP contribution >= 0.6 is 12.4 Å². The number of benzene rings is 1. The Bertz CT molecular complexity index is 393. The van der Waals surface area contributed by atoms with E-state index in [4.69, 9.17) is 0 Å². The Kier molecular flexibility index (Phi) is 5.45. The Morgan fingerprint density at radius 2 is 2.06 bits per heavy atom. The highest BCUT2D eigenvalue weighted by Gasteiger charge is 2.11. The predicted octanol–water partition coefficient (Wildman–Crippen LogP) is 2.15. The van der Waals surface area contributed by atoms with Crippen molar-refractivity contribution in [2.24, 2.45) is 0 Å². The zero-order valence-electron chi connectivity index (χ0n) is 10.1. The molecule has 0 aliphatic heterocycles. The lowest BCUT2D eigenvalue weighted by molar-refractivity contribution is -0.116. The molecule has 1 amide bonds. The molecule has 94 valence electrons. The number of rotatable bonds is 4. The van der Waals surface area contributed by atoms with E-state index in [9.17, 15) is 4.79 Å². The summed E-state index contributed by atoms with van der Waals surface area (Å²) in [5.41, 5.74) is 3.77. The van der Waals surface area contributed by atoms with Crippen molar-refractivity contribution in [1.82, 2.24) is 5.32 Å². The van der Waals surface area contributed by atoms with Crippen LogP contribution in [0.15, 0.2) is 18.2 Å². The number of fused-ring (bicyclic) bond motifs is 1. The molecule has 2 rings (SSSR count). The number of hydrogen-bond donors (Lipinski definition) is 2. The molecule has 0 saturated carbocycles. The summed E-state index contributed by atoms with van der Waals surface area (Å²) in [6, 6.07) is 6.25. The number of amides is 1. The first kappa shape index (κ1) is 14.0. The molecule has 2 N–H and O–H groups in total. The molecule has 0 bridgehead atoms. The lowest BCUT2D eigenvalue weighted by Gasteiger charge is -2.07. The highest BCUT2D eigenvalue weighted by atomic mass is 35.5. The molecule has 0 fully saturated rings. The first-order chi connectivity index (χ1) is 7.79. The van der Waals surface area contributed by atoms with Crippen molar-refractivity contribution in [1.29, 1.82) is 0 Å². The van der Waals surface area contributed by atoms with Gasteiger partial charge >= 0.3 is 0 Å². The lowest BCUT2D eigenvalue weighted by Crippen LogP contribution is -2.18. The van der Waals surface area contributed by atoms with Crippen molar-refractivity contribution in [3.8, 4) is 0 Å². The SMILES string of the molecule is CNCCC(=O)Nc1ccc2c(c1)CCC2.Cl. The standard InChI is InChI=1S/C13H18N2O.ClH/c1-14-8-7-13(16)15-12-6-5-10-3-2-4-11(10)9-12;/h5-6,9,14H,2-4,7-8H2,1H3,(H,15,16);1H. The van der Waals surface area contributed by atoms with Crippen LogP contribution in [0, 0.1) is 0 Å². The summed E-state index contributed by atoms with van der Waals surface area (Å²) >= 11 is 0. The van der Waals surface area contributed by atoms with E-state index < -0.39 is 0 Å². The van der Waals surface area contributed by atoms with Crippen LogP contribution in [0.4, 0.5) is 5.69 Å². The van der Waals surface area contributed by atoms with Gasteiger partial charge < -0.3 is 10.6 Å². The second kappa shape index (κ2) is 6.62.